The van der Waals surface area contributed by atoms with Crippen molar-refractivity contribution in [1.29, 1.82) is 0 Å². The van der Waals surface area contributed by atoms with Crippen LogP contribution in [0.1, 0.15) is 57.1 Å². The fourth-order valence-electron chi connectivity index (χ4n) is 4.51. The minimum atomic E-state index is -0.847. The van der Waals surface area contributed by atoms with Crippen LogP contribution in [0, 0.1) is 0 Å². The van der Waals surface area contributed by atoms with Crippen molar-refractivity contribution in [1.82, 2.24) is 5.32 Å². The number of likely N-dealkylation sites (N-methyl/N-ethyl adjacent to an activating group) is 1. The molecule has 2 aromatic carbocycles. The summed E-state index contributed by atoms with van der Waals surface area (Å²) in [5, 5.41) is 14.3. The second-order valence-corrected chi connectivity index (χ2v) is 9.45. The Kier molecular flexibility index (Phi) is 10.4. The monoisotopic (exact) mass is 455 g/mol. The summed E-state index contributed by atoms with van der Waals surface area (Å²) >= 11 is 0. The SMILES string of the molecule is CCCCCC(C)(O)COC1C(OCc2ccccc2)CC(OCc2ccccc2)C1NC. The molecule has 0 bridgehead atoms. The molecule has 3 rings (SSSR count). The highest BCUT2D eigenvalue weighted by molar-refractivity contribution is 5.15. The molecule has 1 fully saturated rings. The van der Waals surface area contributed by atoms with Crippen molar-refractivity contribution in [3.63, 3.8) is 0 Å². The van der Waals surface area contributed by atoms with Gasteiger partial charge < -0.3 is 24.6 Å². The molecule has 0 saturated heterocycles. The molecule has 5 heteroatoms. The molecule has 5 unspecified atom stereocenters. The van der Waals surface area contributed by atoms with Gasteiger partial charge in [0, 0.05) is 6.42 Å². The summed E-state index contributed by atoms with van der Waals surface area (Å²) in [7, 11) is 1.94. The average Bonchev–Trinajstić information content (AvgIpc) is 3.18. The molecule has 2 aromatic rings. The molecule has 2 N–H and O–H groups in total. The number of rotatable bonds is 14. The van der Waals surface area contributed by atoms with Gasteiger partial charge in [-0.05, 0) is 31.5 Å². The maximum atomic E-state index is 10.9. The highest BCUT2D eigenvalue weighted by atomic mass is 16.6. The molecule has 0 amide bonds. The van der Waals surface area contributed by atoms with Crippen LogP contribution in [0.5, 0.6) is 0 Å². The molecular weight excluding hydrogens is 414 g/mol. The minimum absolute atomic E-state index is 0.0130. The predicted molar refractivity (Wildman–Crippen MR) is 132 cm³/mol. The van der Waals surface area contributed by atoms with Crippen molar-refractivity contribution in [2.75, 3.05) is 13.7 Å². The summed E-state index contributed by atoms with van der Waals surface area (Å²) in [6.07, 6.45) is 4.39. The van der Waals surface area contributed by atoms with E-state index in [9.17, 15) is 5.11 Å². The van der Waals surface area contributed by atoms with E-state index in [2.05, 4.69) is 36.5 Å². The number of benzene rings is 2. The van der Waals surface area contributed by atoms with Gasteiger partial charge in [0.15, 0.2) is 0 Å². The van der Waals surface area contributed by atoms with Crippen LogP contribution >= 0.6 is 0 Å². The Morgan fingerprint density at radius 1 is 0.879 bits per heavy atom. The van der Waals surface area contributed by atoms with Gasteiger partial charge in [0.2, 0.25) is 0 Å². The molecule has 1 aliphatic rings. The van der Waals surface area contributed by atoms with E-state index in [-0.39, 0.29) is 31.0 Å². The maximum absolute atomic E-state index is 10.9. The zero-order valence-corrected chi connectivity index (χ0v) is 20.4. The number of hydrogen-bond acceptors (Lipinski definition) is 5. The first-order chi connectivity index (χ1) is 16.0. The Morgan fingerprint density at radius 2 is 1.45 bits per heavy atom. The van der Waals surface area contributed by atoms with Crippen molar-refractivity contribution in [3.05, 3.63) is 71.8 Å². The Hall–Kier alpha value is -1.76. The van der Waals surface area contributed by atoms with Gasteiger partial charge in [-0.1, -0.05) is 86.8 Å². The lowest BCUT2D eigenvalue weighted by atomic mass is 9.99. The minimum Gasteiger partial charge on any atom is -0.388 e. The summed E-state index contributed by atoms with van der Waals surface area (Å²) < 4.78 is 19.1. The highest BCUT2D eigenvalue weighted by Crippen LogP contribution is 2.31. The smallest absolute Gasteiger partial charge is 0.102 e. The molecule has 1 aliphatic carbocycles. The molecule has 0 aliphatic heterocycles. The number of nitrogens with one attached hydrogen (secondary N) is 1. The first-order valence-corrected chi connectivity index (χ1v) is 12.3. The second-order valence-electron chi connectivity index (χ2n) is 9.45. The predicted octanol–water partition coefficient (Wildman–Crippen LogP) is 4.87. The molecule has 33 heavy (non-hydrogen) atoms. The van der Waals surface area contributed by atoms with Gasteiger partial charge in [-0.15, -0.1) is 0 Å². The van der Waals surface area contributed by atoms with Crippen LogP contribution in [0.3, 0.4) is 0 Å². The van der Waals surface area contributed by atoms with Gasteiger partial charge in [0.1, 0.15) is 6.10 Å². The van der Waals surface area contributed by atoms with Crippen LogP contribution in [0.2, 0.25) is 0 Å². The fraction of sp³-hybridized carbons (Fsp3) is 0.571. The summed E-state index contributed by atoms with van der Waals surface area (Å²) in [5.41, 5.74) is 1.44. The van der Waals surface area contributed by atoms with Crippen molar-refractivity contribution in [2.45, 2.75) is 89.1 Å². The van der Waals surface area contributed by atoms with E-state index < -0.39 is 5.60 Å². The standard InChI is InChI=1S/C28H41NO4/c1-4-5-12-17-28(2,30)21-33-27-25(32-20-23-15-10-7-11-16-23)18-24(26(27)29-3)31-19-22-13-8-6-9-14-22/h6-11,13-16,24-27,29-30H,4-5,12,17-21H2,1-3H3. The first kappa shape index (κ1) is 25.9. The highest BCUT2D eigenvalue weighted by Gasteiger charge is 2.45. The normalized spacial score (nSPS) is 24.6. The molecule has 5 nitrogen and oxygen atoms in total. The molecule has 0 radical (unpaired) electrons. The van der Waals surface area contributed by atoms with Gasteiger partial charge in [-0.25, -0.2) is 0 Å². The summed E-state index contributed by atoms with van der Waals surface area (Å²) in [4.78, 5) is 0. The third-order valence-electron chi connectivity index (χ3n) is 6.44. The Labute approximate surface area is 199 Å². The van der Waals surface area contributed by atoms with Crippen molar-refractivity contribution < 1.29 is 19.3 Å². The maximum Gasteiger partial charge on any atom is 0.102 e. The Balaban J connectivity index is 1.65. The second kappa shape index (κ2) is 13.2. The topological polar surface area (TPSA) is 60.0 Å². The van der Waals surface area contributed by atoms with Gasteiger partial charge >= 0.3 is 0 Å². The fourth-order valence-corrected chi connectivity index (χ4v) is 4.51. The average molecular weight is 456 g/mol. The van der Waals surface area contributed by atoms with Gasteiger partial charge in [-0.2, -0.15) is 0 Å². The van der Waals surface area contributed by atoms with Crippen LogP contribution in [0.25, 0.3) is 0 Å². The molecule has 1 saturated carbocycles. The van der Waals surface area contributed by atoms with Crippen molar-refractivity contribution in [2.24, 2.45) is 0 Å². The van der Waals surface area contributed by atoms with Crippen LogP contribution in [0.4, 0.5) is 0 Å². The zero-order chi connectivity index (χ0) is 23.5. The van der Waals surface area contributed by atoms with E-state index in [0.717, 1.165) is 43.2 Å². The summed E-state index contributed by atoms with van der Waals surface area (Å²) in [6, 6.07) is 20.4. The number of aliphatic hydroxyl groups is 1. The number of hydrogen-bond donors (Lipinski definition) is 2. The zero-order valence-electron chi connectivity index (χ0n) is 20.4. The quantitative estimate of drug-likeness (QED) is 0.398. The third kappa shape index (κ3) is 8.20. The van der Waals surface area contributed by atoms with E-state index in [1.807, 2.05) is 50.4 Å². The van der Waals surface area contributed by atoms with E-state index in [4.69, 9.17) is 14.2 Å². The van der Waals surface area contributed by atoms with Crippen LogP contribution in [0.15, 0.2) is 60.7 Å². The molecule has 0 spiro atoms. The van der Waals surface area contributed by atoms with Crippen LogP contribution < -0.4 is 5.32 Å². The summed E-state index contributed by atoms with van der Waals surface area (Å²) in [6.45, 7) is 5.41. The lowest BCUT2D eigenvalue weighted by Crippen LogP contribution is -2.47. The largest absolute Gasteiger partial charge is 0.388 e. The number of unbranched alkanes of at least 4 members (excludes halogenated alkanes) is 2. The molecule has 5 atom stereocenters. The first-order valence-electron chi connectivity index (χ1n) is 12.3. The van der Waals surface area contributed by atoms with E-state index in [1.165, 1.54) is 0 Å². The third-order valence-corrected chi connectivity index (χ3v) is 6.44. The molecule has 182 valence electrons. The van der Waals surface area contributed by atoms with E-state index >= 15 is 0 Å². The molecule has 0 heterocycles. The molecule has 0 aromatic heterocycles. The van der Waals surface area contributed by atoms with Crippen molar-refractivity contribution >= 4 is 0 Å². The van der Waals surface area contributed by atoms with Gasteiger partial charge in [-0.3, -0.25) is 0 Å². The van der Waals surface area contributed by atoms with E-state index in [0.29, 0.717) is 13.2 Å². The van der Waals surface area contributed by atoms with E-state index in [1.54, 1.807) is 0 Å². The van der Waals surface area contributed by atoms with Gasteiger partial charge in [0.25, 0.3) is 0 Å². The number of ether oxygens (including phenoxy) is 3. The van der Waals surface area contributed by atoms with Crippen molar-refractivity contribution in [3.8, 4) is 0 Å². The lowest BCUT2D eigenvalue weighted by Gasteiger charge is -2.31. The Morgan fingerprint density at radius 3 is 2.00 bits per heavy atom. The molecular formula is C28H41NO4. The lowest BCUT2D eigenvalue weighted by molar-refractivity contribution is -0.116. The summed E-state index contributed by atoms with van der Waals surface area (Å²) in [5.74, 6) is 0. The Bertz CT molecular complexity index is 783. The van der Waals surface area contributed by atoms with Crippen LogP contribution in [-0.4, -0.2) is 48.7 Å². The van der Waals surface area contributed by atoms with Gasteiger partial charge in [0.05, 0.1) is 43.7 Å². The van der Waals surface area contributed by atoms with Crippen LogP contribution in [-0.2, 0) is 27.4 Å².